The maximum Gasteiger partial charge on any atom is 0.247 e. The summed E-state index contributed by atoms with van der Waals surface area (Å²) < 4.78 is 13.2. The van der Waals surface area contributed by atoms with E-state index in [0.29, 0.717) is 11.8 Å². The van der Waals surface area contributed by atoms with E-state index in [-0.39, 0.29) is 5.25 Å². The number of nitrogens with zero attached hydrogens (tertiary/aromatic N) is 4. The van der Waals surface area contributed by atoms with Crippen LogP contribution >= 0.6 is 11.8 Å². The molecular formula is C21H20N4O2S. The lowest BCUT2D eigenvalue weighted by atomic mass is 10.2. The molecule has 2 heterocycles. The van der Waals surface area contributed by atoms with Gasteiger partial charge in [0, 0.05) is 18.0 Å². The Kier molecular flexibility index (Phi) is 5.16. The Hall–Kier alpha value is -3.06. The van der Waals surface area contributed by atoms with Gasteiger partial charge in [-0.25, -0.2) is 4.98 Å². The van der Waals surface area contributed by atoms with Gasteiger partial charge in [0.1, 0.15) is 5.75 Å². The third-order valence-electron chi connectivity index (χ3n) is 4.39. The summed E-state index contributed by atoms with van der Waals surface area (Å²) >= 11 is 1.58. The van der Waals surface area contributed by atoms with Gasteiger partial charge in [-0.05, 0) is 49.7 Å². The monoisotopic (exact) mass is 392 g/mol. The zero-order valence-electron chi connectivity index (χ0n) is 15.9. The van der Waals surface area contributed by atoms with Gasteiger partial charge in [0.05, 0.1) is 18.0 Å². The van der Waals surface area contributed by atoms with Gasteiger partial charge in [0.25, 0.3) is 0 Å². The largest absolute Gasteiger partial charge is 0.497 e. The van der Waals surface area contributed by atoms with Crippen LogP contribution < -0.4 is 4.74 Å². The fourth-order valence-corrected chi connectivity index (χ4v) is 3.76. The van der Waals surface area contributed by atoms with Gasteiger partial charge in [-0.15, -0.1) is 10.2 Å². The van der Waals surface area contributed by atoms with Crippen LogP contribution in [0.5, 0.6) is 5.75 Å². The lowest BCUT2D eigenvalue weighted by Gasteiger charge is -2.12. The van der Waals surface area contributed by atoms with Gasteiger partial charge in [-0.2, -0.15) is 0 Å². The van der Waals surface area contributed by atoms with Crippen molar-refractivity contribution in [2.75, 3.05) is 7.11 Å². The molecule has 1 atom stereocenters. The summed E-state index contributed by atoms with van der Waals surface area (Å²) in [5, 5.41) is 9.26. The standard InChI is InChI=1S/C21H20N4O2S/c1-14-6-4-5-7-18(14)25-13-12-22-21(25)28-15(2)19-23-24-20(27-19)16-8-10-17(26-3)11-9-16/h4-13,15H,1-3H3. The van der Waals surface area contributed by atoms with E-state index in [2.05, 4.69) is 38.8 Å². The van der Waals surface area contributed by atoms with Crippen molar-refractivity contribution in [2.45, 2.75) is 24.3 Å². The quantitative estimate of drug-likeness (QED) is 0.426. The number of para-hydroxylation sites is 1. The molecule has 0 aliphatic rings. The highest BCUT2D eigenvalue weighted by atomic mass is 32.2. The van der Waals surface area contributed by atoms with Crippen LogP contribution in [-0.4, -0.2) is 26.9 Å². The van der Waals surface area contributed by atoms with Crippen LogP contribution in [0.15, 0.2) is 70.5 Å². The second-order valence-corrected chi connectivity index (χ2v) is 7.61. The molecule has 1 unspecified atom stereocenters. The van der Waals surface area contributed by atoms with Gasteiger partial charge >= 0.3 is 0 Å². The van der Waals surface area contributed by atoms with Gasteiger partial charge in [-0.3, -0.25) is 4.57 Å². The molecule has 6 nitrogen and oxygen atoms in total. The maximum absolute atomic E-state index is 5.90. The average Bonchev–Trinajstić information content (AvgIpc) is 3.38. The molecule has 0 fully saturated rings. The fourth-order valence-electron chi connectivity index (χ4n) is 2.85. The van der Waals surface area contributed by atoms with Gasteiger partial charge in [-0.1, -0.05) is 30.0 Å². The number of rotatable bonds is 6. The highest BCUT2D eigenvalue weighted by molar-refractivity contribution is 7.99. The van der Waals surface area contributed by atoms with Crippen molar-refractivity contribution in [2.24, 2.45) is 0 Å². The zero-order valence-corrected chi connectivity index (χ0v) is 16.7. The minimum Gasteiger partial charge on any atom is -0.497 e. The van der Waals surface area contributed by atoms with Crippen molar-refractivity contribution in [1.82, 2.24) is 19.7 Å². The molecule has 2 aromatic heterocycles. The summed E-state index contributed by atoms with van der Waals surface area (Å²) in [6.45, 7) is 4.12. The Morgan fingerprint density at radius 2 is 1.86 bits per heavy atom. The summed E-state index contributed by atoms with van der Waals surface area (Å²) in [5.74, 6) is 1.85. The van der Waals surface area contributed by atoms with Crippen molar-refractivity contribution in [3.8, 4) is 22.9 Å². The van der Waals surface area contributed by atoms with E-state index in [1.165, 1.54) is 5.56 Å². The van der Waals surface area contributed by atoms with Crippen LogP contribution in [0.3, 0.4) is 0 Å². The third kappa shape index (κ3) is 3.66. The Morgan fingerprint density at radius 1 is 1.07 bits per heavy atom. The topological polar surface area (TPSA) is 66.0 Å². The smallest absolute Gasteiger partial charge is 0.247 e. The van der Waals surface area contributed by atoms with Crippen LogP contribution in [0.2, 0.25) is 0 Å². The van der Waals surface area contributed by atoms with Crippen molar-refractivity contribution in [1.29, 1.82) is 0 Å². The fraction of sp³-hybridized carbons (Fsp3) is 0.190. The Morgan fingerprint density at radius 3 is 2.61 bits per heavy atom. The molecule has 0 aliphatic carbocycles. The molecule has 0 aliphatic heterocycles. The van der Waals surface area contributed by atoms with Crippen LogP contribution in [-0.2, 0) is 0 Å². The van der Waals surface area contributed by atoms with Gasteiger partial charge in [0.2, 0.25) is 11.8 Å². The molecular weight excluding hydrogens is 372 g/mol. The number of methoxy groups -OCH3 is 1. The molecule has 28 heavy (non-hydrogen) atoms. The zero-order chi connectivity index (χ0) is 19.5. The van der Waals surface area contributed by atoms with Crippen molar-refractivity contribution in [3.05, 3.63) is 72.4 Å². The molecule has 4 rings (SSSR count). The molecule has 0 spiro atoms. The highest BCUT2D eigenvalue weighted by Gasteiger charge is 2.19. The molecule has 2 aromatic carbocycles. The number of thioether (sulfide) groups is 1. The first kappa shape index (κ1) is 18.3. The van der Waals surface area contributed by atoms with Crippen LogP contribution in [0.25, 0.3) is 17.1 Å². The van der Waals surface area contributed by atoms with Crippen LogP contribution in [0, 0.1) is 6.92 Å². The second kappa shape index (κ2) is 7.90. The predicted octanol–water partition coefficient (Wildman–Crippen LogP) is 5.09. The molecule has 7 heteroatoms. The van der Waals surface area contributed by atoms with Crippen molar-refractivity contribution >= 4 is 11.8 Å². The number of hydrogen-bond acceptors (Lipinski definition) is 6. The Balaban J connectivity index is 1.54. The third-order valence-corrected chi connectivity index (χ3v) is 5.46. The molecule has 0 N–H and O–H groups in total. The van der Waals surface area contributed by atoms with E-state index in [1.54, 1.807) is 25.1 Å². The van der Waals surface area contributed by atoms with E-state index < -0.39 is 0 Å². The van der Waals surface area contributed by atoms with Crippen molar-refractivity contribution < 1.29 is 9.15 Å². The summed E-state index contributed by atoms with van der Waals surface area (Å²) in [5.41, 5.74) is 3.16. The Bertz CT molecular complexity index is 1070. The number of aryl methyl sites for hydroxylation is 1. The predicted molar refractivity (Wildman–Crippen MR) is 109 cm³/mol. The van der Waals surface area contributed by atoms with Crippen LogP contribution in [0.1, 0.15) is 23.6 Å². The van der Waals surface area contributed by atoms with Crippen LogP contribution in [0.4, 0.5) is 0 Å². The normalized spacial score (nSPS) is 12.1. The Labute approximate surface area is 167 Å². The first-order valence-electron chi connectivity index (χ1n) is 8.89. The van der Waals surface area contributed by atoms with E-state index >= 15 is 0 Å². The summed E-state index contributed by atoms with van der Waals surface area (Å²) in [6, 6.07) is 15.8. The van der Waals surface area contributed by atoms with Gasteiger partial charge in [0.15, 0.2) is 5.16 Å². The number of benzene rings is 2. The maximum atomic E-state index is 5.90. The first-order chi connectivity index (χ1) is 13.7. The molecule has 0 amide bonds. The second-order valence-electron chi connectivity index (χ2n) is 6.30. The molecule has 0 radical (unpaired) electrons. The average molecular weight is 392 g/mol. The number of imidazole rings is 1. The van der Waals surface area contributed by atoms with E-state index in [0.717, 1.165) is 22.2 Å². The van der Waals surface area contributed by atoms with Crippen molar-refractivity contribution in [3.63, 3.8) is 0 Å². The molecule has 0 bridgehead atoms. The minimum absolute atomic E-state index is 0.0373. The SMILES string of the molecule is COc1ccc(-c2nnc(C(C)Sc3nccn3-c3ccccc3C)o2)cc1. The summed E-state index contributed by atoms with van der Waals surface area (Å²) in [4.78, 5) is 4.51. The lowest BCUT2D eigenvalue weighted by molar-refractivity contribution is 0.415. The molecule has 142 valence electrons. The molecule has 4 aromatic rings. The lowest BCUT2D eigenvalue weighted by Crippen LogP contribution is -1.99. The first-order valence-corrected chi connectivity index (χ1v) is 9.77. The van der Waals surface area contributed by atoms with E-state index in [4.69, 9.17) is 9.15 Å². The summed E-state index contributed by atoms with van der Waals surface area (Å²) in [7, 11) is 1.64. The van der Waals surface area contributed by atoms with E-state index in [9.17, 15) is 0 Å². The highest BCUT2D eigenvalue weighted by Crippen LogP contribution is 2.35. The van der Waals surface area contributed by atoms with E-state index in [1.807, 2.05) is 49.5 Å². The summed E-state index contributed by atoms with van der Waals surface area (Å²) in [6.07, 6.45) is 3.77. The number of ether oxygens (including phenoxy) is 1. The molecule has 0 saturated heterocycles. The minimum atomic E-state index is -0.0373. The molecule has 0 saturated carbocycles. The van der Waals surface area contributed by atoms with Gasteiger partial charge < -0.3 is 9.15 Å². The number of hydrogen-bond donors (Lipinski definition) is 0. The number of aromatic nitrogens is 4.